The molecule has 1 fully saturated rings. The van der Waals surface area contributed by atoms with Crippen molar-refractivity contribution in [3.63, 3.8) is 0 Å². The van der Waals surface area contributed by atoms with E-state index in [9.17, 15) is 5.11 Å². The van der Waals surface area contributed by atoms with Crippen molar-refractivity contribution in [1.82, 2.24) is 4.90 Å². The molecule has 3 nitrogen and oxygen atoms in total. The molecule has 1 N–H and O–H groups in total. The Kier molecular flexibility index (Phi) is 4.14. The summed E-state index contributed by atoms with van der Waals surface area (Å²) < 4.78 is 5.30. The smallest absolute Gasteiger partial charge is 0.0594 e. The Morgan fingerprint density at radius 3 is 2.87 bits per heavy atom. The highest BCUT2D eigenvalue weighted by atomic mass is 32.1. The van der Waals surface area contributed by atoms with Crippen LogP contribution in [0.5, 0.6) is 0 Å². The van der Waals surface area contributed by atoms with E-state index in [0.717, 1.165) is 32.8 Å². The molecule has 0 aliphatic carbocycles. The lowest BCUT2D eigenvalue weighted by molar-refractivity contribution is 0.0321. The van der Waals surface area contributed by atoms with Crippen molar-refractivity contribution in [3.05, 3.63) is 22.4 Å². The van der Waals surface area contributed by atoms with E-state index in [4.69, 9.17) is 4.74 Å². The van der Waals surface area contributed by atoms with Crippen molar-refractivity contribution in [2.45, 2.75) is 5.92 Å². The maximum Gasteiger partial charge on any atom is 0.0594 e. The number of ether oxygens (including phenoxy) is 1. The van der Waals surface area contributed by atoms with Gasteiger partial charge in [-0.2, -0.15) is 0 Å². The van der Waals surface area contributed by atoms with E-state index in [2.05, 4.69) is 16.3 Å². The van der Waals surface area contributed by atoms with E-state index in [1.54, 1.807) is 11.3 Å². The van der Waals surface area contributed by atoms with E-state index in [1.165, 1.54) is 4.88 Å². The molecule has 0 bridgehead atoms. The summed E-state index contributed by atoms with van der Waals surface area (Å²) in [5, 5.41) is 11.4. The van der Waals surface area contributed by atoms with Crippen LogP contribution in [0.2, 0.25) is 0 Å². The fourth-order valence-electron chi connectivity index (χ4n) is 1.86. The van der Waals surface area contributed by atoms with Gasteiger partial charge in [-0.25, -0.2) is 0 Å². The van der Waals surface area contributed by atoms with Crippen LogP contribution in [0, 0.1) is 0 Å². The third kappa shape index (κ3) is 3.01. The van der Waals surface area contributed by atoms with Crippen LogP contribution < -0.4 is 0 Å². The summed E-state index contributed by atoms with van der Waals surface area (Å²) in [5.41, 5.74) is 0. The van der Waals surface area contributed by atoms with Gasteiger partial charge in [-0.15, -0.1) is 11.3 Å². The first-order valence-electron chi connectivity index (χ1n) is 5.34. The first-order valence-corrected chi connectivity index (χ1v) is 6.22. The van der Waals surface area contributed by atoms with Gasteiger partial charge in [0.2, 0.25) is 0 Å². The Labute approximate surface area is 94.3 Å². The molecule has 0 saturated carbocycles. The number of aliphatic hydroxyl groups is 1. The summed E-state index contributed by atoms with van der Waals surface area (Å²) in [7, 11) is 0. The summed E-state index contributed by atoms with van der Waals surface area (Å²) in [6, 6.07) is 4.15. The van der Waals surface area contributed by atoms with Crippen molar-refractivity contribution in [2.24, 2.45) is 0 Å². The van der Waals surface area contributed by atoms with Gasteiger partial charge in [0.05, 0.1) is 19.8 Å². The van der Waals surface area contributed by atoms with E-state index in [0.29, 0.717) is 0 Å². The number of hydrogen-bond acceptors (Lipinski definition) is 4. The van der Waals surface area contributed by atoms with Gasteiger partial charge in [-0.05, 0) is 11.4 Å². The zero-order valence-corrected chi connectivity index (χ0v) is 9.58. The summed E-state index contributed by atoms with van der Waals surface area (Å²) in [4.78, 5) is 3.65. The second kappa shape index (κ2) is 5.61. The predicted octanol–water partition coefficient (Wildman–Crippen LogP) is 1.16. The van der Waals surface area contributed by atoms with Crippen LogP contribution in [0.15, 0.2) is 17.5 Å². The van der Waals surface area contributed by atoms with Crippen LogP contribution in [0.3, 0.4) is 0 Å². The molecule has 2 rings (SSSR count). The van der Waals surface area contributed by atoms with Crippen LogP contribution >= 0.6 is 11.3 Å². The molecular formula is C11H17NO2S. The second-order valence-electron chi connectivity index (χ2n) is 3.81. The number of morpholine rings is 1. The summed E-state index contributed by atoms with van der Waals surface area (Å²) in [6.07, 6.45) is 0. The molecule has 1 aliphatic heterocycles. The summed E-state index contributed by atoms with van der Waals surface area (Å²) in [6.45, 7) is 4.80. The third-order valence-corrected chi connectivity index (χ3v) is 3.78. The van der Waals surface area contributed by atoms with Gasteiger partial charge >= 0.3 is 0 Å². The molecule has 84 valence electrons. The molecule has 2 heterocycles. The van der Waals surface area contributed by atoms with E-state index in [-0.39, 0.29) is 12.5 Å². The molecule has 1 aromatic rings. The lowest BCUT2D eigenvalue weighted by atomic mass is 10.1. The molecule has 4 heteroatoms. The van der Waals surface area contributed by atoms with Crippen LogP contribution in [0.4, 0.5) is 0 Å². The highest BCUT2D eigenvalue weighted by Gasteiger charge is 2.18. The molecular weight excluding hydrogens is 210 g/mol. The minimum atomic E-state index is 0.234. The number of rotatable bonds is 4. The highest BCUT2D eigenvalue weighted by Crippen LogP contribution is 2.22. The standard InChI is InChI=1S/C11H17NO2S/c13-9-10(11-2-1-7-15-11)8-12-3-5-14-6-4-12/h1-2,7,10,13H,3-6,8-9H2. The monoisotopic (exact) mass is 227 g/mol. The van der Waals surface area contributed by atoms with Gasteiger partial charge in [0.25, 0.3) is 0 Å². The zero-order valence-electron chi connectivity index (χ0n) is 8.76. The van der Waals surface area contributed by atoms with Crippen molar-refractivity contribution >= 4 is 11.3 Å². The summed E-state index contributed by atoms with van der Waals surface area (Å²) in [5.74, 6) is 0.267. The number of aliphatic hydroxyl groups excluding tert-OH is 1. The van der Waals surface area contributed by atoms with Crippen LogP contribution in [-0.4, -0.2) is 49.5 Å². The zero-order chi connectivity index (χ0) is 10.5. The Morgan fingerprint density at radius 2 is 2.27 bits per heavy atom. The number of nitrogens with zero attached hydrogens (tertiary/aromatic N) is 1. The van der Waals surface area contributed by atoms with Crippen LogP contribution in [-0.2, 0) is 4.74 Å². The fraction of sp³-hybridized carbons (Fsp3) is 0.636. The molecule has 1 aromatic heterocycles. The largest absolute Gasteiger partial charge is 0.396 e. The first kappa shape index (κ1) is 11.1. The SMILES string of the molecule is OCC(CN1CCOCC1)c1cccs1. The molecule has 0 amide bonds. The highest BCUT2D eigenvalue weighted by molar-refractivity contribution is 7.10. The van der Waals surface area contributed by atoms with Crippen molar-refractivity contribution in [1.29, 1.82) is 0 Å². The fourth-order valence-corrected chi connectivity index (χ4v) is 2.67. The Morgan fingerprint density at radius 1 is 1.47 bits per heavy atom. The Balaban J connectivity index is 1.90. The van der Waals surface area contributed by atoms with E-state index < -0.39 is 0 Å². The van der Waals surface area contributed by atoms with Gasteiger partial charge in [-0.1, -0.05) is 6.07 Å². The van der Waals surface area contributed by atoms with E-state index in [1.807, 2.05) is 6.07 Å². The minimum Gasteiger partial charge on any atom is -0.396 e. The van der Waals surface area contributed by atoms with Crippen LogP contribution in [0.1, 0.15) is 10.8 Å². The maximum absolute atomic E-state index is 9.38. The van der Waals surface area contributed by atoms with E-state index >= 15 is 0 Å². The van der Waals surface area contributed by atoms with Crippen LogP contribution in [0.25, 0.3) is 0 Å². The molecule has 1 saturated heterocycles. The lowest BCUT2D eigenvalue weighted by Crippen LogP contribution is -2.39. The molecule has 1 aliphatic rings. The minimum absolute atomic E-state index is 0.234. The average Bonchev–Trinajstić information content (AvgIpc) is 2.81. The van der Waals surface area contributed by atoms with Gasteiger partial charge in [0.15, 0.2) is 0 Å². The Hall–Kier alpha value is -0.420. The number of hydrogen-bond donors (Lipinski definition) is 1. The van der Waals surface area contributed by atoms with Gasteiger partial charge in [0, 0.05) is 30.4 Å². The third-order valence-electron chi connectivity index (χ3n) is 2.75. The Bertz CT molecular complexity index is 270. The average molecular weight is 227 g/mol. The van der Waals surface area contributed by atoms with Gasteiger partial charge < -0.3 is 9.84 Å². The molecule has 0 radical (unpaired) electrons. The lowest BCUT2D eigenvalue weighted by Gasteiger charge is -2.29. The molecule has 0 aromatic carbocycles. The van der Waals surface area contributed by atoms with Gasteiger partial charge in [0.1, 0.15) is 0 Å². The topological polar surface area (TPSA) is 32.7 Å². The van der Waals surface area contributed by atoms with Crippen molar-refractivity contribution < 1.29 is 9.84 Å². The molecule has 0 spiro atoms. The quantitative estimate of drug-likeness (QED) is 0.837. The molecule has 1 unspecified atom stereocenters. The number of thiophene rings is 1. The first-order chi connectivity index (χ1) is 7.40. The van der Waals surface area contributed by atoms with Crippen molar-refractivity contribution in [3.8, 4) is 0 Å². The summed E-state index contributed by atoms with van der Waals surface area (Å²) >= 11 is 1.73. The molecule has 1 atom stereocenters. The van der Waals surface area contributed by atoms with Gasteiger partial charge in [-0.3, -0.25) is 4.90 Å². The van der Waals surface area contributed by atoms with Crippen molar-refractivity contribution in [2.75, 3.05) is 39.5 Å². The maximum atomic E-state index is 9.38. The predicted molar refractivity (Wildman–Crippen MR) is 61.4 cm³/mol. The normalized spacial score (nSPS) is 20.3. The second-order valence-corrected chi connectivity index (χ2v) is 4.79. The molecule has 15 heavy (non-hydrogen) atoms.